The van der Waals surface area contributed by atoms with Gasteiger partial charge in [-0.3, -0.25) is 14.6 Å². The third kappa shape index (κ3) is 16.7. The van der Waals surface area contributed by atoms with Crippen molar-refractivity contribution >= 4 is 51.3 Å². The molecule has 0 spiro atoms. The first-order chi connectivity index (χ1) is 27.8. The van der Waals surface area contributed by atoms with Gasteiger partial charge in [-0.05, 0) is 131 Å². The van der Waals surface area contributed by atoms with Crippen LogP contribution in [0.4, 0.5) is 29.7 Å². The molecule has 0 saturated carbocycles. The Morgan fingerprint density at radius 3 is 1.44 bits per heavy atom. The molecule has 0 aliphatic rings. The summed E-state index contributed by atoms with van der Waals surface area (Å²) in [5.41, 5.74) is 3.07. The molecule has 0 bridgehead atoms. The number of benzene rings is 4. The molecule has 0 radical (unpaired) electrons. The third-order valence-corrected chi connectivity index (χ3v) is 8.45. The summed E-state index contributed by atoms with van der Waals surface area (Å²) in [6.07, 6.45) is 2.37. The Kier molecular flexibility index (Phi) is 16.2. The van der Waals surface area contributed by atoms with Crippen molar-refractivity contribution in [3.8, 4) is 11.1 Å². The van der Waals surface area contributed by atoms with Gasteiger partial charge in [0.25, 0.3) is 0 Å². The Morgan fingerprint density at radius 1 is 0.593 bits per heavy atom. The van der Waals surface area contributed by atoms with Crippen LogP contribution in [0.3, 0.4) is 0 Å². The predicted octanol–water partition coefficient (Wildman–Crippen LogP) is 9.62. The van der Waals surface area contributed by atoms with Crippen molar-refractivity contribution in [3.05, 3.63) is 149 Å². The summed E-state index contributed by atoms with van der Waals surface area (Å²) in [5, 5.41) is 10.8. The van der Waals surface area contributed by atoms with Gasteiger partial charge in [0.05, 0.1) is 0 Å². The molecule has 11 nitrogen and oxygen atoms in total. The van der Waals surface area contributed by atoms with Crippen LogP contribution in [0.25, 0.3) is 11.1 Å². The molecular formula is C45H48BrF2N5O6. The highest BCUT2D eigenvalue weighted by molar-refractivity contribution is 9.10. The molecule has 4 amide bonds. The number of nitrogens with one attached hydrogen (secondary N) is 4. The van der Waals surface area contributed by atoms with Gasteiger partial charge in [-0.25, -0.2) is 18.4 Å². The standard InChI is InChI=1S/C25H26FN3O3.C20H22BrFN2O3/c1-25(2,3)32-24(31)29-22(15-17-7-9-20(26)10-8-17)23(30)28-21-6-4-5-19(16-21)18-11-13-27-14-12-18;1-20(2,3)27-19(26)24-17(11-13-7-9-15(22)10-8-13)18(25)23-16-6-4-5-14(21)12-16/h4-14,16,22H,15H2,1-3H3,(H,28,30)(H,29,31);4-10,12,17H,11H2,1-3H3,(H,23,25)(H,24,26)/t22-;17-/m00/s1. The van der Waals surface area contributed by atoms with Gasteiger partial charge in [-0.15, -0.1) is 0 Å². The average molecular weight is 873 g/mol. The van der Waals surface area contributed by atoms with Gasteiger partial charge in [0.15, 0.2) is 0 Å². The smallest absolute Gasteiger partial charge is 0.408 e. The molecule has 59 heavy (non-hydrogen) atoms. The highest BCUT2D eigenvalue weighted by Crippen LogP contribution is 2.23. The number of aromatic nitrogens is 1. The van der Waals surface area contributed by atoms with Crippen molar-refractivity contribution in [2.45, 2.75) is 77.7 Å². The Morgan fingerprint density at radius 2 is 1.02 bits per heavy atom. The minimum atomic E-state index is -0.917. The summed E-state index contributed by atoms with van der Waals surface area (Å²) >= 11 is 3.35. The van der Waals surface area contributed by atoms with E-state index in [1.165, 1.54) is 24.3 Å². The maximum atomic E-state index is 13.3. The van der Waals surface area contributed by atoms with E-state index < -0.39 is 47.3 Å². The predicted molar refractivity (Wildman–Crippen MR) is 228 cm³/mol. The lowest BCUT2D eigenvalue weighted by Crippen LogP contribution is -2.47. The number of amides is 4. The highest BCUT2D eigenvalue weighted by Gasteiger charge is 2.26. The minimum absolute atomic E-state index is 0.176. The second kappa shape index (κ2) is 21.0. The number of alkyl carbamates (subject to hydrolysis) is 2. The van der Waals surface area contributed by atoms with Gasteiger partial charge >= 0.3 is 12.2 Å². The molecule has 2 atom stereocenters. The molecule has 0 aliphatic heterocycles. The van der Waals surface area contributed by atoms with E-state index in [1.807, 2.05) is 36.4 Å². The van der Waals surface area contributed by atoms with Crippen LogP contribution in [0.5, 0.6) is 0 Å². The highest BCUT2D eigenvalue weighted by atomic mass is 79.9. The van der Waals surface area contributed by atoms with Crippen molar-refractivity contribution in [3.63, 3.8) is 0 Å². The largest absolute Gasteiger partial charge is 0.444 e. The number of nitrogens with zero attached hydrogens (tertiary/aromatic N) is 1. The Balaban J connectivity index is 0.000000265. The van der Waals surface area contributed by atoms with Crippen molar-refractivity contribution in [2.75, 3.05) is 10.6 Å². The SMILES string of the molecule is CC(C)(C)OC(=O)N[C@@H](Cc1ccc(F)cc1)C(=O)Nc1cccc(-c2ccncc2)c1.CC(C)(C)OC(=O)N[C@@H](Cc1ccc(F)cc1)C(=O)Nc1cccc(Br)c1. The van der Waals surface area contributed by atoms with Crippen molar-refractivity contribution in [1.82, 2.24) is 15.6 Å². The van der Waals surface area contributed by atoms with Gasteiger partial charge in [0.1, 0.15) is 34.9 Å². The maximum Gasteiger partial charge on any atom is 0.408 e. The van der Waals surface area contributed by atoms with Crippen LogP contribution in [0, 0.1) is 11.6 Å². The van der Waals surface area contributed by atoms with E-state index in [1.54, 1.807) is 102 Å². The molecule has 310 valence electrons. The Hall–Kier alpha value is -6.15. The maximum absolute atomic E-state index is 13.3. The molecule has 1 aromatic heterocycles. The first-order valence-corrected chi connectivity index (χ1v) is 19.5. The summed E-state index contributed by atoms with van der Waals surface area (Å²) in [4.78, 5) is 54.3. The lowest BCUT2D eigenvalue weighted by atomic mass is 10.0. The van der Waals surface area contributed by atoms with E-state index in [4.69, 9.17) is 9.47 Å². The monoisotopic (exact) mass is 871 g/mol. The number of anilines is 2. The molecule has 5 aromatic rings. The van der Waals surface area contributed by atoms with Gasteiger partial charge in [-0.1, -0.05) is 58.4 Å². The zero-order valence-electron chi connectivity index (χ0n) is 33.6. The van der Waals surface area contributed by atoms with Crippen LogP contribution in [0.15, 0.2) is 126 Å². The van der Waals surface area contributed by atoms with E-state index in [-0.39, 0.29) is 24.5 Å². The first-order valence-electron chi connectivity index (χ1n) is 18.7. The number of carbonyl (C=O) groups is 4. The Bertz CT molecular complexity index is 2180. The van der Waals surface area contributed by atoms with E-state index >= 15 is 0 Å². The second-order valence-electron chi connectivity index (χ2n) is 15.4. The van der Waals surface area contributed by atoms with E-state index in [0.29, 0.717) is 22.5 Å². The lowest BCUT2D eigenvalue weighted by Gasteiger charge is -2.23. The molecule has 0 unspecified atom stereocenters. The lowest BCUT2D eigenvalue weighted by molar-refractivity contribution is -0.118. The quantitative estimate of drug-likeness (QED) is 0.103. The number of halogens is 3. The fourth-order valence-corrected chi connectivity index (χ4v) is 5.78. The molecule has 4 N–H and O–H groups in total. The van der Waals surface area contributed by atoms with E-state index in [0.717, 1.165) is 15.6 Å². The molecule has 4 aromatic carbocycles. The molecular weight excluding hydrogens is 824 g/mol. The first kappa shape index (κ1) is 45.6. The molecule has 0 aliphatic carbocycles. The zero-order chi connectivity index (χ0) is 43.2. The molecule has 0 saturated heterocycles. The van der Waals surface area contributed by atoms with E-state index in [2.05, 4.69) is 42.2 Å². The number of hydrogen-bond donors (Lipinski definition) is 4. The number of ether oxygens (including phenoxy) is 2. The molecule has 5 rings (SSSR count). The third-order valence-electron chi connectivity index (χ3n) is 7.96. The molecule has 1 heterocycles. The zero-order valence-corrected chi connectivity index (χ0v) is 35.2. The van der Waals surface area contributed by atoms with Crippen molar-refractivity contribution < 1.29 is 37.4 Å². The normalized spacial score (nSPS) is 12.1. The van der Waals surface area contributed by atoms with Crippen LogP contribution in [0.2, 0.25) is 0 Å². The molecule has 14 heteroatoms. The number of carbonyl (C=O) groups excluding carboxylic acids is 4. The Labute approximate surface area is 351 Å². The van der Waals surface area contributed by atoms with Crippen LogP contribution < -0.4 is 21.3 Å². The average Bonchev–Trinajstić information content (AvgIpc) is 3.15. The van der Waals surface area contributed by atoms with Crippen molar-refractivity contribution in [1.29, 1.82) is 0 Å². The molecule has 0 fully saturated rings. The number of rotatable bonds is 11. The topological polar surface area (TPSA) is 148 Å². The van der Waals surface area contributed by atoms with Gasteiger partial charge in [-0.2, -0.15) is 0 Å². The van der Waals surface area contributed by atoms with Crippen LogP contribution in [-0.4, -0.2) is 52.3 Å². The summed E-state index contributed by atoms with van der Waals surface area (Å²) in [6, 6.07) is 28.0. The van der Waals surface area contributed by atoms with Crippen molar-refractivity contribution in [2.24, 2.45) is 0 Å². The fraction of sp³-hybridized carbons (Fsp3) is 0.267. The summed E-state index contributed by atoms with van der Waals surface area (Å²) in [7, 11) is 0. The fourth-order valence-electron chi connectivity index (χ4n) is 5.38. The van der Waals surface area contributed by atoms with Crippen LogP contribution >= 0.6 is 15.9 Å². The summed E-state index contributed by atoms with van der Waals surface area (Å²) in [6.45, 7) is 10.4. The van der Waals surface area contributed by atoms with Gasteiger partial charge < -0.3 is 30.7 Å². The summed E-state index contributed by atoms with van der Waals surface area (Å²) < 4.78 is 37.8. The second-order valence-corrected chi connectivity index (χ2v) is 16.3. The summed E-state index contributed by atoms with van der Waals surface area (Å²) in [5.74, 6) is -1.55. The van der Waals surface area contributed by atoms with Gasteiger partial charge in [0.2, 0.25) is 11.8 Å². The van der Waals surface area contributed by atoms with Crippen LogP contribution in [0.1, 0.15) is 52.7 Å². The van der Waals surface area contributed by atoms with Crippen LogP contribution in [-0.2, 0) is 31.9 Å². The minimum Gasteiger partial charge on any atom is -0.444 e. The number of hydrogen-bond acceptors (Lipinski definition) is 7. The number of pyridine rings is 1. The van der Waals surface area contributed by atoms with E-state index in [9.17, 15) is 28.0 Å². The van der Waals surface area contributed by atoms with Gasteiger partial charge in [0, 0.05) is 41.1 Å².